The lowest BCUT2D eigenvalue weighted by atomic mass is 10.1. The molecule has 2 rings (SSSR count). The highest BCUT2D eigenvalue weighted by Gasteiger charge is 2.06. The number of benzene rings is 2. The Kier molecular flexibility index (Phi) is 5.14. The van der Waals surface area contributed by atoms with E-state index in [1.54, 1.807) is 12.1 Å². The number of oxime groups is 1. The lowest BCUT2D eigenvalue weighted by Gasteiger charge is -2.06. The minimum Gasteiger partial charge on any atom is -0.482 e. The van der Waals surface area contributed by atoms with E-state index in [1.807, 2.05) is 50.2 Å². The first-order valence-electron chi connectivity index (χ1n) is 6.84. The van der Waals surface area contributed by atoms with E-state index in [9.17, 15) is 4.79 Å². The Morgan fingerprint density at radius 2 is 1.73 bits per heavy atom. The van der Waals surface area contributed by atoms with Gasteiger partial charge in [0.05, 0.1) is 0 Å². The zero-order chi connectivity index (χ0) is 15.9. The van der Waals surface area contributed by atoms with Crippen LogP contribution in [0.4, 0.5) is 0 Å². The smallest absolute Gasteiger partial charge is 0.372 e. The number of carbonyl (C=O) groups is 1. The number of nitrogens with two attached hydrogens (primary N) is 1. The monoisotopic (exact) mass is 298 g/mol. The first-order valence-corrected chi connectivity index (χ1v) is 6.84. The second-order valence-corrected chi connectivity index (χ2v) is 4.92. The van der Waals surface area contributed by atoms with Crippen molar-refractivity contribution in [2.24, 2.45) is 10.9 Å². The minimum absolute atomic E-state index is 0.139. The highest BCUT2D eigenvalue weighted by atomic mass is 16.7. The quantitative estimate of drug-likeness (QED) is 0.398. The molecule has 114 valence electrons. The highest BCUT2D eigenvalue weighted by molar-refractivity contribution is 5.97. The molecular weight excluding hydrogens is 280 g/mol. The molecule has 0 aliphatic carbocycles. The van der Waals surface area contributed by atoms with E-state index >= 15 is 0 Å². The van der Waals surface area contributed by atoms with Crippen LogP contribution in [0.2, 0.25) is 0 Å². The van der Waals surface area contributed by atoms with Crippen molar-refractivity contribution in [1.29, 1.82) is 0 Å². The van der Waals surface area contributed by atoms with E-state index in [4.69, 9.17) is 15.3 Å². The molecule has 2 aromatic rings. The van der Waals surface area contributed by atoms with Gasteiger partial charge in [-0.2, -0.15) is 0 Å². The largest absolute Gasteiger partial charge is 0.482 e. The van der Waals surface area contributed by atoms with Crippen molar-refractivity contribution in [3.05, 3.63) is 65.2 Å². The third-order valence-electron chi connectivity index (χ3n) is 2.87. The molecule has 0 saturated carbocycles. The molecule has 5 nitrogen and oxygen atoms in total. The van der Waals surface area contributed by atoms with Crippen molar-refractivity contribution in [2.75, 3.05) is 6.61 Å². The average Bonchev–Trinajstić information content (AvgIpc) is 2.50. The molecule has 0 bridgehead atoms. The SMILES string of the molecule is Cc1cc(C)cc(OCC(=O)O/N=C(\N)c2ccccc2)c1. The Hall–Kier alpha value is -2.82. The Bertz CT molecular complexity index is 661. The van der Waals surface area contributed by atoms with E-state index < -0.39 is 5.97 Å². The molecule has 22 heavy (non-hydrogen) atoms. The molecule has 0 aliphatic rings. The van der Waals surface area contributed by atoms with Crippen molar-refractivity contribution in [2.45, 2.75) is 13.8 Å². The summed E-state index contributed by atoms with van der Waals surface area (Å²) in [4.78, 5) is 16.4. The Morgan fingerprint density at radius 1 is 1.09 bits per heavy atom. The zero-order valence-corrected chi connectivity index (χ0v) is 12.6. The second kappa shape index (κ2) is 7.26. The molecule has 0 saturated heterocycles. The second-order valence-electron chi connectivity index (χ2n) is 4.92. The molecule has 5 heteroatoms. The fraction of sp³-hybridized carbons (Fsp3) is 0.176. The standard InChI is InChI=1S/C17H18N2O3/c1-12-8-13(2)10-15(9-12)21-11-16(20)22-19-17(18)14-6-4-3-5-7-14/h3-10H,11H2,1-2H3,(H2,18,19). The van der Waals surface area contributed by atoms with Crippen molar-refractivity contribution >= 4 is 11.8 Å². The first kappa shape index (κ1) is 15.6. The molecule has 0 aromatic heterocycles. The van der Waals surface area contributed by atoms with E-state index in [1.165, 1.54) is 0 Å². The number of nitrogens with zero attached hydrogens (tertiary/aromatic N) is 1. The van der Waals surface area contributed by atoms with Gasteiger partial charge in [0.2, 0.25) is 0 Å². The fourth-order valence-corrected chi connectivity index (χ4v) is 1.95. The Labute approximate surface area is 129 Å². The summed E-state index contributed by atoms with van der Waals surface area (Å²) in [7, 11) is 0. The van der Waals surface area contributed by atoms with Crippen LogP contribution in [0.1, 0.15) is 16.7 Å². The predicted molar refractivity (Wildman–Crippen MR) is 84.7 cm³/mol. The van der Waals surface area contributed by atoms with Crippen LogP contribution in [-0.2, 0) is 9.63 Å². The summed E-state index contributed by atoms with van der Waals surface area (Å²) in [5.74, 6) is 0.146. The molecule has 0 aliphatic heterocycles. The topological polar surface area (TPSA) is 73.9 Å². The lowest BCUT2D eigenvalue weighted by Crippen LogP contribution is -2.17. The summed E-state index contributed by atoms with van der Waals surface area (Å²) in [5.41, 5.74) is 8.54. The summed E-state index contributed by atoms with van der Waals surface area (Å²) in [6.07, 6.45) is 0. The first-order chi connectivity index (χ1) is 10.5. The number of carbonyl (C=O) groups excluding carboxylic acids is 1. The number of ether oxygens (including phenoxy) is 1. The normalized spacial score (nSPS) is 11.1. The summed E-state index contributed by atoms with van der Waals surface area (Å²) in [6, 6.07) is 14.8. The van der Waals surface area contributed by atoms with Crippen molar-refractivity contribution < 1.29 is 14.4 Å². The molecule has 2 N–H and O–H groups in total. The van der Waals surface area contributed by atoms with Crippen molar-refractivity contribution in [3.8, 4) is 5.75 Å². The van der Waals surface area contributed by atoms with Gasteiger partial charge in [0.1, 0.15) is 5.75 Å². The predicted octanol–water partition coefficient (Wildman–Crippen LogP) is 2.55. The van der Waals surface area contributed by atoms with Gasteiger partial charge in [0, 0.05) is 5.56 Å². The zero-order valence-electron chi connectivity index (χ0n) is 12.6. The fourth-order valence-electron chi connectivity index (χ4n) is 1.95. The summed E-state index contributed by atoms with van der Waals surface area (Å²) < 4.78 is 5.38. The van der Waals surface area contributed by atoms with E-state index in [0.29, 0.717) is 11.3 Å². The van der Waals surface area contributed by atoms with Gasteiger partial charge in [-0.05, 0) is 37.1 Å². The molecule has 0 atom stereocenters. The molecule has 2 aromatic carbocycles. The molecular formula is C17H18N2O3. The van der Waals surface area contributed by atoms with Crippen molar-refractivity contribution in [1.82, 2.24) is 0 Å². The number of amidine groups is 1. The molecule has 0 spiro atoms. The maximum Gasteiger partial charge on any atom is 0.372 e. The molecule has 0 radical (unpaired) electrons. The highest BCUT2D eigenvalue weighted by Crippen LogP contribution is 2.16. The lowest BCUT2D eigenvalue weighted by molar-refractivity contribution is -0.146. The minimum atomic E-state index is -0.613. The van der Waals surface area contributed by atoms with Crippen molar-refractivity contribution in [3.63, 3.8) is 0 Å². The van der Waals surface area contributed by atoms with E-state index in [2.05, 4.69) is 5.16 Å². The van der Waals surface area contributed by atoms with Gasteiger partial charge in [-0.3, -0.25) is 0 Å². The average molecular weight is 298 g/mol. The van der Waals surface area contributed by atoms with Gasteiger partial charge in [-0.1, -0.05) is 41.6 Å². The Morgan fingerprint density at radius 3 is 2.36 bits per heavy atom. The van der Waals surface area contributed by atoms with Crippen LogP contribution >= 0.6 is 0 Å². The van der Waals surface area contributed by atoms with E-state index in [0.717, 1.165) is 11.1 Å². The molecule has 0 fully saturated rings. The van der Waals surface area contributed by atoms with Gasteiger partial charge in [0.25, 0.3) is 0 Å². The van der Waals surface area contributed by atoms with Crippen LogP contribution in [0.15, 0.2) is 53.7 Å². The van der Waals surface area contributed by atoms with Crippen LogP contribution in [0, 0.1) is 13.8 Å². The number of aryl methyl sites for hydroxylation is 2. The van der Waals surface area contributed by atoms with Gasteiger partial charge in [-0.25, -0.2) is 4.79 Å². The van der Waals surface area contributed by atoms with Crippen LogP contribution in [0.3, 0.4) is 0 Å². The van der Waals surface area contributed by atoms with E-state index in [-0.39, 0.29) is 12.4 Å². The molecule has 0 unspecified atom stereocenters. The van der Waals surface area contributed by atoms with Gasteiger partial charge in [-0.15, -0.1) is 0 Å². The maximum atomic E-state index is 11.6. The third kappa shape index (κ3) is 4.63. The maximum absolute atomic E-state index is 11.6. The van der Waals surface area contributed by atoms with Gasteiger partial charge in [0.15, 0.2) is 12.4 Å². The number of rotatable bonds is 5. The summed E-state index contributed by atoms with van der Waals surface area (Å²) >= 11 is 0. The van der Waals surface area contributed by atoms with Crippen LogP contribution in [0.25, 0.3) is 0 Å². The summed E-state index contributed by atoms with van der Waals surface area (Å²) in [6.45, 7) is 3.69. The third-order valence-corrected chi connectivity index (χ3v) is 2.87. The summed E-state index contributed by atoms with van der Waals surface area (Å²) in [5, 5.41) is 3.61. The van der Waals surface area contributed by atoms with Crippen LogP contribution < -0.4 is 10.5 Å². The van der Waals surface area contributed by atoms with Gasteiger partial charge < -0.3 is 15.3 Å². The Balaban J connectivity index is 1.88. The molecule has 0 amide bonds. The van der Waals surface area contributed by atoms with Crippen LogP contribution in [0.5, 0.6) is 5.75 Å². The van der Waals surface area contributed by atoms with Gasteiger partial charge >= 0.3 is 5.97 Å². The number of hydrogen-bond acceptors (Lipinski definition) is 4. The molecule has 0 heterocycles. The number of hydrogen-bond donors (Lipinski definition) is 1. The van der Waals surface area contributed by atoms with Crippen LogP contribution in [-0.4, -0.2) is 18.4 Å².